The first-order chi connectivity index (χ1) is 10.2. The third-order valence-electron chi connectivity index (χ3n) is 3.93. The molecule has 1 amide bonds. The van der Waals surface area contributed by atoms with Gasteiger partial charge in [-0.05, 0) is 31.9 Å². The Balaban J connectivity index is 1.80. The van der Waals surface area contributed by atoms with Gasteiger partial charge in [-0.25, -0.2) is 0 Å². The lowest BCUT2D eigenvalue weighted by Gasteiger charge is -2.38. The number of carbonyl (C=O) groups excluding carboxylic acids is 1. The van der Waals surface area contributed by atoms with Crippen molar-refractivity contribution in [3.63, 3.8) is 0 Å². The highest BCUT2D eigenvalue weighted by molar-refractivity contribution is 5.78. The van der Waals surface area contributed by atoms with Gasteiger partial charge in [0.15, 0.2) is 5.60 Å². The Labute approximate surface area is 126 Å². The summed E-state index contributed by atoms with van der Waals surface area (Å²) in [7, 11) is 0. The first-order valence-corrected chi connectivity index (χ1v) is 7.05. The van der Waals surface area contributed by atoms with E-state index in [1.54, 1.807) is 24.0 Å². The molecule has 1 aliphatic rings. The maximum absolute atomic E-state index is 12.7. The fourth-order valence-electron chi connectivity index (χ4n) is 2.46. The third kappa shape index (κ3) is 3.80. The molecule has 5 nitrogen and oxygen atoms in total. The standard InChI is InChI=1S/C14H19F3N2O3/c1-10(11-3-2-8-22-11)18-12(20)9-19-6-4-13(21,5-7-19)14(15,16)17/h2-3,8,10,21H,4-7,9H2,1H3,(H,18,20). The van der Waals surface area contributed by atoms with Crippen molar-refractivity contribution in [3.05, 3.63) is 24.2 Å². The van der Waals surface area contributed by atoms with Gasteiger partial charge in [-0.2, -0.15) is 13.2 Å². The number of furan rings is 1. The van der Waals surface area contributed by atoms with E-state index in [1.807, 2.05) is 0 Å². The van der Waals surface area contributed by atoms with Gasteiger partial charge in [-0.15, -0.1) is 0 Å². The van der Waals surface area contributed by atoms with E-state index in [0.29, 0.717) is 5.76 Å². The van der Waals surface area contributed by atoms with Gasteiger partial charge in [-0.3, -0.25) is 9.69 Å². The van der Waals surface area contributed by atoms with Gasteiger partial charge in [0, 0.05) is 13.1 Å². The van der Waals surface area contributed by atoms with Gasteiger partial charge in [0.05, 0.1) is 18.8 Å². The van der Waals surface area contributed by atoms with Crippen LogP contribution in [-0.2, 0) is 4.79 Å². The highest BCUT2D eigenvalue weighted by Gasteiger charge is 2.54. The SMILES string of the molecule is CC(NC(=O)CN1CCC(O)(C(F)(F)F)CC1)c1ccco1. The van der Waals surface area contributed by atoms with Crippen molar-refractivity contribution in [3.8, 4) is 0 Å². The smallest absolute Gasteiger partial charge is 0.417 e. The van der Waals surface area contributed by atoms with Gasteiger partial charge < -0.3 is 14.8 Å². The number of rotatable bonds is 4. The van der Waals surface area contributed by atoms with Crippen LogP contribution in [0.5, 0.6) is 0 Å². The first-order valence-electron chi connectivity index (χ1n) is 7.05. The molecule has 0 aromatic carbocycles. The van der Waals surface area contributed by atoms with E-state index in [-0.39, 0.29) is 31.6 Å². The van der Waals surface area contributed by atoms with Crippen molar-refractivity contribution >= 4 is 5.91 Å². The number of nitrogens with one attached hydrogen (secondary N) is 1. The molecule has 0 radical (unpaired) electrons. The molecular weight excluding hydrogens is 301 g/mol. The first kappa shape index (κ1) is 16.8. The minimum atomic E-state index is -4.63. The number of piperidine rings is 1. The van der Waals surface area contributed by atoms with E-state index in [1.165, 1.54) is 6.26 Å². The molecule has 1 unspecified atom stereocenters. The molecule has 2 rings (SSSR count). The number of carbonyl (C=O) groups is 1. The van der Waals surface area contributed by atoms with E-state index in [0.717, 1.165) is 0 Å². The predicted molar refractivity (Wildman–Crippen MR) is 71.9 cm³/mol. The van der Waals surface area contributed by atoms with Crippen molar-refractivity contribution < 1.29 is 27.5 Å². The minimum Gasteiger partial charge on any atom is -0.467 e. The summed E-state index contributed by atoms with van der Waals surface area (Å²) in [6.45, 7) is 1.81. The van der Waals surface area contributed by atoms with Gasteiger partial charge >= 0.3 is 6.18 Å². The van der Waals surface area contributed by atoms with E-state index in [9.17, 15) is 23.1 Å². The molecule has 8 heteroatoms. The van der Waals surface area contributed by atoms with Crippen LogP contribution in [0.1, 0.15) is 31.6 Å². The van der Waals surface area contributed by atoms with Crippen molar-refractivity contribution in [1.82, 2.24) is 10.2 Å². The summed E-state index contributed by atoms with van der Waals surface area (Å²) in [6.07, 6.45) is -3.97. The number of aliphatic hydroxyl groups is 1. The molecule has 0 saturated carbocycles. The van der Waals surface area contributed by atoms with Crippen LogP contribution in [0.3, 0.4) is 0 Å². The largest absolute Gasteiger partial charge is 0.467 e. The maximum atomic E-state index is 12.7. The van der Waals surface area contributed by atoms with Crippen LogP contribution in [0, 0.1) is 0 Å². The molecule has 2 heterocycles. The van der Waals surface area contributed by atoms with Crippen LogP contribution in [0.2, 0.25) is 0 Å². The quantitative estimate of drug-likeness (QED) is 0.888. The summed E-state index contributed by atoms with van der Waals surface area (Å²) in [4.78, 5) is 13.5. The summed E-state index contributed by atoms with van der Waals surface area (Å²) in [5.74, 6) is 0.319. The molecular formula is C14H19F3N2O3. The van der Waals surface area contributed by atoms with E-state index in [4.69, 9.17) is 4.42 Å². The van der Waals surface area contributed by atoms with Crippen molar-refractivity contribution in [2.24, 2.45) is 0 Å². The zero-order valence-electron chi connectivity index (χ0n) is 12.2. The molecule has 0 aliphatic carbocycles. The highest BCUT2D eigenvalue weighted by atomic mass is 19.4. The monoisotopic (exact) mass is 320 g/mol. The molecule has 22 heavy (non-hydrogen) atoms. The molecule has 1 aromatic rings. The van der Waals surface area contributed by atoms with Crippen molar-refractivity contribution in [2.45, 2.75) is 37.6 Å². The topological polar surface area (TPSA) is 65.7 Å². The summed E-state index contributed by atoms with van der Waals surface area (Å²) in [5.41, 5.74) is -2.64. The Morgan fingerprint density at radius 2 is 2.14 bits per heavy atom. The maximum Gasteiger partial charge on any atom is 0.417 e. The van der Waals surface area contributed by atoms with E-state index in [2.05, 4.69) is 5.32 Å². The zero-order chi connectivity index (χ0) is 16.4. The summed E-state index contributed by atoms with van der Waals surface area (Å²) in [5, 5.41) is 12.3. The van der Waals surface area contributed by atoms with Gasteiger partial charge in [-0.1, -0.05) is 0 Å². The van der Waals surface area contributed by atoms with Crippen LogP contribution in [0.15, 0.2) is 22.8 Å². The van der Waals surface area contributed by atoms with Crippen molar-refractivity contribution in [2.75, 3.05) is 19.6 Å². The summed E-state index contributed by atoms with van der Waals surface area (Å²) < 4.78 is 43.2. The minimum absolute atomic E-state index is 0.00101. The molecule has 0 spiro atoms. The lowest BCUT2D eigenvalue weighted by molar-refractivity contribution is -0.272. The molecule has 1 fully saturated rings. The zero-order valence-corrected chi connectivity index (χ0v) is 12.2. The molecule has 1 aliphatic heterocycles. The molecule has 124 valence electrons. The second kappa shape index (κ2) is 6.29. The van der Waals surface area contributed by atoms with Crippen LogP contribution >= 0.6 is 0 Å². The van der Waals surface area contributed by atoms with Crippen LogP contribution < -0.4 is 5.32 Å². The number of hydrogen-bond donors (Lipinski definition) is 2. The Morgan fingerprint density at radius 3 is 2.64 bits per heavy atom. The molecule has 0 bridgehead atoms. The number of likely N-dealkylation sites (tertiary alicyclic amines) is 1. The molecule has 1 atom stereocenters. The number of halogens is 3. The Bertz CT molecular complexity index is 494. The van der Waals surface area contributed by atoms with Crippen molar-refractivity contribution in [1.29, 1.82) is 0 Å². The second-order valence-corrected chi connectivity index (χ2v) is 5.61. The Kier molecular flexibility index (Phi) is 4.81. The Hall–Kier alpha value is -1.54. The van der Waals surface area contributed by atoms with Gasteiger partial charge in [0.25, 0.3) is 0 Å². The van der Waals surface area contributed by atoms with Crippen LogP contribution in [0.25, 0.3) is 0 Å². The van der Waals surface area contributed by atoms with Gasteiger partial charge in [0.1, 0.15) is 5.76 Å². The normalized spacial score (nSPS) is 20.6. The Morgan fingerprint density at radius 1 is 1.50 bits per heavy atom. The number of nitrogens with zero attached hydrogens (tertiary/aromatic N) is 1. The second-order valence-electron chi connectivity index (χ2n) is 5.61. The summed E-state index contributed by atoms with van der Waals surface area (Å²) in [6, 6.07) is 3.13. The molecule has 2 N–H and O–H groups in total. The molecule has 1 saturated heterocycles. The van der Waals surface area contributed by atoms with Crippen LogP contribution in [0.4, 0.5) is 13.2 Å². The predicted octanol–water partition coefficient (Wildman–Crippen LogP) is 1.85. The fourth-order valence-corrected chi connectivity index (χ4v) is 2.46. The molecule has 1 aromatic heterocycles. The summed E-state index contributed by atoms with van der Waals surface area (Å²) >= 11 is 0. The lowest BCUT2D eigenvalue weighted by Crippen LogP contribution is -2.54. The highest BCUT2D eigenvalue weighted by Crippen LogP contribution is 2.38. The van der Waals surface area contributed by atoms with E-state index >= 15 is 0 Å². The average molecular weight is 320 g/mol. The van der Waals surface area contributed by atoms with Gasteiger partial charge in [0.2, 0.25) is 5.91 Å². The number of amides is 1. The fraction of sp³-hybridized carbons (Fsp3) is 0.643. The lowest BCUT2D eigenvalue weighted by atomic mass is 9.91. The average Bonchev–Trinajstić information content (AvgIpc) is 2.94. The van der Waals surface area contributed by atoms with Crippen LogP contribution in [-0.4, -0.2) is 47.3 Å². The third-order valence-corrected chi connectivity index (χ3v) is 3.93. The number of hydrogen-bond acceptors (Lipinski definition) is 4. The van der Waals surface area contributed by atoms with E-state index < -0.39 is 24.6 Å². The number of alkyl halides is 3.